The van der Waals surface area contributed by atoms with Crippen molar-refractivity contribution in [2.75, 3.05) is 0 Å². The molecule has 0 saturated heterocycles. The van der Waals surface area contributed by atoms with Gasteiger partial charge in [-0.25, -0.2) is 0 Å². The summed E-state index contributed by atoms with van der Waals surface area (Å²) in [4.78, 5) is 8.96. The maximum absolute atomic E-state index is 4.48. The highest BCUT2D eigenvalue weighted by Gasteiger charge is 2.30. The fourth-order valence-electron chi connectivity index (χ4n) is 13.3. The van der Waals surface area contributed by atoms with Gasteiger partial charge in [0.15, 0.2) is 0 Å². The predicted molar refractivity (Wildman–Crippen MR) is 338 cm³/mol. The zero-order valence-corrected chi connectivity index (χ0v) is 46.9. The van der Waals surface area contributed by atoms with Gasteiger partial charge in [-0.3, -0.25) is 9.97 Å². The number of pyridine rings is 2. The van der Waals surface area contributed by atoms with E-state index in [4.69, 9.17) is 0 Å². The summed E-state index contributed by atoms with van der Waals surface area (Å²) in [7, 11) is 0. The lowest BCUT2D eigenvalue weighted by molar-refractivity contribution is 0.667. The van der Waals surface area contributed by atoms with Crippen LogP contribution in [0, 0.1) is 23.7 Å². The van der Waals surface area contributed by atoms with E-state index in [2.05, 4.69) is 183 Å². The number of hydrogen-bond donors (Lipinski definition) is 0. The normalized spacial score (nSPS) is 11.6. The van der Waals surface area contributed by atoms with Crippen LogP contribution in [-0.2, 0) is 25.7 Å². The molecule has 2 heteroatoms. The topological polar surface area (TPSA) is 25.8 Å². The van der Waals surface area contributed by atoms with Crippen LogP contribution in [0.3, 0.4) is 0 Å². The van der Waals surface area contributed by atoms with E-state index in [1.54, 1.807) is 0 Å². The van der Waals surface area contributed by atoms with Crippen molar-refractivity contribution in [2.45, 2.75) is 156 Å². The molecule has 0 spiro atoms. The fraction of sp³-hybridized carbons (Fsp3) is 0.316. The van der Waals surface area contributed by atoms with Gasteiger partial charge in [-0.15, -0.1) is 0 Å². The minimum Gasteiger partial charge on any atom is -0.265 e. The second kappa shape index (κ2) is 24.9. The Labute approximate surface area is 464 Å². The number of unbranched alkanes of at least 4 members (excludes halogenated alkanes) is 12. The standard InChI is InChI=1S/C76H76N2/c1-5-9-13-17-37-63-69-59-33-25-21-29-55(59)56-30-22-26-34-60(56)70(69)64(38-18-14-10-6-2)74-68(44-42-54-47-51-78-52-48-54)76-66(40-20-16-12-8-4)72-62-36-28-24-32-58(62)57-31-23-27-35-61(57)71(72)65(39-19-15-11-7-3)75(76)67(73(63)74)43-41-53-45-49-77-50-46-53/h21-36,45-52H,5-20,37-40H2,1-4H3. The summed E-state index contributed by atoms with van der Waals surface area (Å²) in [5.74, 6) is 16.2. The molecule has 390 valence electrons. The van der Waals surface area contributed by atoms with Gasteiger partial charge in [0.1, 0.15) is 0 Å². The van der Waals surface area contributed by atoms with E-state index in [1.165, 1.54) is 197 Å². The van der Waals surface area contributed by atoms with Gasteiger partial charge in [-0.2, -0.15) is 0 Å². The van der Waals surface area contributed by atoms with Crippen LogP contribution in [0.4, 0.5) is 0 Å². The van der Waals surface area contributed by atoms with Gasteiger partial charge in [0.2, 0.25) is 0 Å². The lowest BCUT2D eigenvalue weighted by Gasteiger charge is -2.27. The second-order valence-corrected chi connectivity index (χ2v) is 22.1. The second-order valence-electron chi connectivity index (χ2n) is 22.1. The van der Waals surface area contributed by atoms with Crippen LogP contribution in [0.1, 0.15) is 175 Å². The van der Waals surface area contributed by atoms with Gasteiger partial charge >= 0.3 is 0 Å². The van der Waals surface area contributed by atoms with Gasteiger partial charge in [0, 0.05) is 68.6 Å². The Bertz CT molecular complexity index is 3610. The Balaban J connectivity index is 1.50. The average molecular weight is 1020 g/mol. The molecule has 0 radical (unpaired) electrons. The Morgan fingerprint density at radius 2 is 0.500 bits per heavy atom. The third kappa shape index (κ3) is 10.2. The van der Waals surface area contributed by atoms with Crippen LogP contribution in [0.5, 0.6) is 0 Å². The maximum Gasteiger partial charge on any atom is 0.0413 e. The molecule has 0 bridgehead atoms. The van der Waals surface area contributed by atoms with Crippen molar-refractivity contribution >= 4 is 86.2 Å². The molecule has 0 atom stereocenters. The summed E-state index contributed by atoms with van der Waals surface area (Å²) in [6.07, 6.45) is 30.1. The van der Waals surface area contributed by atoms with Crippen molar-refractivity contribution in [3.05, 3.63) is 191 Å². The molecule has 0 aliphatic rings. The summed E-state index contributed by atoms with van der Waals surface area (Å²) in [6.45, 7) is 9.35. The third-order valence-electron chi connectivity index (χ3n) is 16.9. The Morgan fingerprint density at radius 1 is 0.256 bits per heavy atom. The zero-order chi connectivity index (χ0) is 53.2. The van der Waals surface area contributed by atoms with E-state index in [9.17, 15) is 0 Å². The summed E-state index contributed by atoms with van der Waals surface area (Å²) < 4.78 is 0. The molecule has 0 saturated carbocycles. The lowest BCUT2D eigenvalue weighted by atomic mass is 9.75. The van der Waals surface area contributed by atoms with Crippen LogP contribution in [0.2, 0.25) is 0 Å². The van der Waals surface area contributed by atoms with Gasteiger partial charge < -0.3 is 0 Å². The summed E-state index contributed by atoms with van der Waals surface area (Å²) >= 11 is 0. The minimum absolute atomic E-state index is 0.953. The van der Waals surface area contributed by atoms with E-state index < -0.39 is 0 Å². The Kier molecular flexibility index (Phi) is 16.7. The monoisotopic (exact) mass is 1020 g/mol. The highest BCUT2D eigenvalue weighted by molar-refractivity contribution is 6.35. The molecule has 0 unspecified atom stereocenters. The van der Waals surface area contributed by atoms with E-state index in [1.807, 2.05) is 24.8 Å². The van der Waals surface area contributed by atoms with Crippen LogP contribution in [0.15, 0.2) is 146 Å². The largest absolute Gasteiger partial charge is 0.265 e. The minimum atomic E-state index is 0.953. The summed E-state index contributed by atoms with van der Waals surface area (Å²) in [6, 6.07) is 45.6. The number of hydrogen-bond acceptors (Lipinski definition) is 2. The van der Waals surface area contributed by atoms with Gasteiger partial charge in [0.25, 0.3) is 0 Å². The SMILES string of the molecule is CCCCCCc1c2c(C#Cc3ccncc3)c3c(CCCCCC)c4c5ccccc5c5ccccc5c4c(CCCCCC)c3c(C#Cc3ccncc3)c2c(CCCCCC)c2c3ccccc3c3ccccc3c12. The molecule has 2 heterocycles. The Hall–Kier alpha value is -7.52. The van der Waals surface area contributed by atoms with Crippen molar-refractivity contribution in [3.63, 3.8) is 0 Å². The number of aryl methyl sites for hydroxylation is 4. The molecule has 2 aromatic heterocycles. The molecule has 0 aliphatic heterocycles. The molecule has 11 rings (SSSR count). The molecule has 0 N–H and O–H groups in total. The highest BCUT2D eigenvalue weighted by atomic mass is 14.6. The van der Waals surface area contributed by atoms with Crippen LogP contribution < -0.4 is 0 Å². The van der Waals surface area contributed by atoms with Gasteiger partial charge in [-0.1, -0.05) is 225 Å². The van der Waals surface area contributed by atoms with Crippen LogP contribution >= 0.6 is 0 Å². The molecule has 0 amide bonds. The van der Waals surface area contributed by atoms with Crippen molar-refractivity contribution < 1.29 is 0 Å². The Morgan fingerprint density at radius 3 is 0.744 bits per heavy atom. The lowest BCUT2D eigenvalue weighted by Crippen LogP contribution is -2.07. The first-order chi connectivity index (χ1) is 38.7. The van der Waals surface area contributed by atoms with Gasteiger partial charge in [-0.05, 0) is 163 Å². The molecule has 0 aliphatic carbocycles. The number of rotatable bonds is 20. The molecule has 11 aromatic rings. The maximum atomic E-state index is 4.48. The van der Waals surface area contributed by atoms with E-state index in [0.717, 1.165) is 62.5 Å². The number of fused-ring (bicyclic) bond motifs is 14. The molecular formula is C76H76N2. The average Bonchev–Trinajstić information content (AvgIpc) is 2.82. The molecule has 2 nitrogen and oxygen atoms in total. The van der Waals surface area contributed by atoms with E-state index in [0.29, 0.717) is 0 Å². The number of aromatic nitrogens is 2. The van der Waals surface area contributed by atoms with Crippen LogP contribution in [-0.4, -0.2) is 9.97 Å². The molecule has 78 heavy (non-hydrogen) atoms. The molecule has 9 aromatic carbocycles. The summed E-state index contributed by atoms with van der Waals surface area (Å²) in [5.41, 5.74) is 10.1. The van der Waals surface area contributed by atoms with Crippen molar-refractivity contribution in [1.29, 1.82) is 0 Å². The van der Waals surface area contributed by atoms with Crippen molar-refractivity contribution in [3.8, 4) is 23.7 Å². The van der Waals surface area contributed by atoms with Crippen molar-refractivity contribution in [2.24, 2.45) is 0 Å². The van der Waals surface area contributed by atoms with E-state index >= 15 is 0 Å². The third-order valence-corrected chi connectivity index (χ3v) is 16.9. The summed E-state index contributed by atoms with van der Waals surface area (Å²) in [5, 5.41) is 21.7. The molecule has 0 fully saturated rings. The zero-order valence-electron chi connectivity index (χ0n) is 46.9. The van der Waals surface area contributed by atoms with Crippen LogP contribution in [0.25, 0.3) is 86.2 Å². The predicted octanol–water partition coefficient (Wildman–Crippen LogP) is 21.0. The first kappa shape index (κ1) is 52.5. The van der Waals surface area contributed by atoms with Gasteiger partial charge in [0.05, 0.1) is 0 Å². The first-order valence-corrected chi connectivity index (χ1v) is 30.1. The van der Waals surface area contributed by atoms with Crippen molar-refractivity contribution in [1.82, 2.24) is 9.97 Å². The number of nitrogens with zero attached hydrogens (tertiary/aromatic N) is 2. The smallest absolute Gasteiger partial charge is 0.0413 e. The quantitative estimate of drug-likeness (QED) is 0.0329. The fourth-order valence-corrected chi connectivity index (χ4v) is 13.3. The van der Waals surface area contributed by atoms with E-state index in [-0.39, 0.29) is 0 Å². The first-order valence-electron chi connectivity index (χ1n) is 30.1. The highest BCUT2D eigenvalue weighted by Crippen LogP contribution is 2.52. The molecular weight excluding hydrogens is 941 g/mol. The number of benzene rings is 9.